The summed E-state index contributed by atoms with van der Waals surface area (Å²) in [5.41, 5.74) is 0.938. The summed E-state index contributed by atoms with van der Waals surface area (Å²) >= 11 is 0. The van der Waals surface area contributed by atoms with Crippen molar-refractivity contribution in [3.63, 3.8) is 0 Å². The van der Waals surface area contributed by atoms with Crippen molar-refractivity contribution >= 4 is 6.03 Å². The molecule has 0 bridgehead atoms. The van der Waals surface area contributed by atoms with Crippen LogP contribution < -0.4 is 15.4 Å². The molecule has 0 saturated carbocycles. The summed E-state index contributed by atoms with van der Waals surface area (Å²) in [6.07, 6.45) is 0.631. The van der Waals surface area contributed by atoms with Gasteiger partial charge < -0.3 is 15.4 Å². The maximum atomic E-state index is 11.9. The molecule has 0 aliphatic carbocycles. The van der Waals surface area contributed by atoms with Crippen LogP contribution >= 0.6 is 0 Å². The van der Waals surface area contributed by atoms with Crippen molar-refractivity contribution in [2.75, 3.05) is 13.1 Å². The van der Waals surface area contributed by atoms with E-state index < -0.39 is 6.61 Å². The van der Waals surface area contributed by atoms with E-state index in [0.29, 0.717) is 19.5 Å². The molecule has 0 aliphatic heterocycles. The molecule has 1 rings (SSSR count). The summed E-state index contributed by atoms with van der Waals surface area (Å²) in [7, 11) is 0. The number of nitrogens with one attached hydrogen (secondary N) is 2. The minimum atomic E-state index is -2.81. The van der Waals surface area contributed by atoms with Crippen LogP contribution in [0.3, 0.4) is 0 Å². The van der Waals surface area contributed by atoms with E-state index in [4.69, 9.17) is 0 Å². The number of carbonyl (C=O) groups excluding carboxylic acids is 1. The third-order valence-electron chi connectivity index (χ3n) is 2.19. The Morgan fingerprint density at radius 2 is 1.94 bits per heavy atom. The smallest absolute Gasteiger partial charge is 0.387 e. The van der Waals surface area contributed by atoms with Gasteiger partial charge in [0.15, 0.2) is 0 Å². The van der Waals surface area contributed by atoms with E-state index in [1.54, 1.807) is 12.1 Å². The van der Waals surface area contributed by atoms with Gasteiger partial charge in [0.25, 0.3) is 0 Å². The predicted molar refractivity (Wildman–Crippen MR) is 63.9 cm³/mol. The summed E-state index contributed by atoms with van der Waals surface area (Å²) in [6.45, 7) is 0.0866. The number of amides is 2. The normalized spacial score (nSPS) is 10.2. The predicted octanol–water partition coefficient (Wildman–Crippen LogP) is 2.15. The number of urea groups is 1. The number of benzene rings is 1. The average molecular weight is 258 g/mol. The molecule has 0 aliphatic rings. The SMILES string of the molecule is CCNC(=O)NCCc1ccc(OC(F)F)cc1. The lowest BCUT2D eigenvalue weighted by Crippen LogP contribution is -2.36. The first-order valence-corrected chi connectivity index (χ1v) is 5.67. The maximum absolute atomic E-state index is 11.9. The molecule has 0 aromatic heterocycles. The van der Waals surface area contributed by atoms with Gasteiger partial charge in [0.1, 0.15) is 5.75 Å². The van der Waals surface area contributed by atoms with Gasteiger partial charge in [0.05, 0.1) is 0 Å². The Hall–Kier alpha value is -1.85. The van der Waals surface area contributed by atoms with Crippen molar-refractivity contribution in [2.24, 2.45) is 0 Å². The van der Waals surface area contributed by atoms with Gasteiger partial charge in [0.2, 0.25) is 0 Å². The van der Waals surface area contributed by atoms with Crippen LogP contribution in [0.5, 0.6) is 5.75 Å². The van der Waals surface area contributed by atoms with Crippen LogP contribution in [-0.2, 0) is 6.42 Å². The van der Waals surface area contributed by atoms with Crippen molar-refractivity contribution in [3.05, 3.63) is 29.8 Å². The van der Waals surface area contributed by atoms with E-state index in [1.807, 2.05) is 6.92 Å². The highest BCUT2D eigenvalue weighted by molar-refractivity contribution is 5.73. The first kappa shape index (κ1) is 14.2. The fraction of sp³-hybridized carbons (Fsp3) is 0.417. The molecular formula is C12H16F2N2O2. The summed E-state index contributed by atoms with van der Waals surface area (Å²) < 4.78 is 28.0. The van der Waals surface area contributed by atoms with Crippen LogP contribution in [0.25, 0.3) is 0 Å². The lowest BCUT2D eigenvalue weighted by atomic mass is 10.1. The Labute approximate surface area is 104 Å². The molecule has 0 spiro atoms. The van der Waals surface area contributed by atoms with E-state index >= 15 is 0 Å². The van der Waals surface area contributed by atoms with Gasteiger partial charge in [0, 0.05) is 13.1 Å². The highest BCUT2D eigenvalue weighted by atomic mass is 19.3. The van der Waals surface area contributed by atoms with Crippen molar-refractivity contribution in [3.8, 4) is 5.75 Å². The van der Waals surface area contributed by atoms with Crippen LogP contribution in [0.2, 0.25) is 0 Å². The average Bonchev–Trinajstić information content (AvgIpc) is 2.31. The number of hydrogen-bond donors (Lipinski definition) is 2. The van der Waals surface area contributed by atoms with Gasteiger partial charge in [-0.3, -0.25) is 0 Å². The summed E-state index contributed by atoms with van der Waals surface area (Å²) in [4.78, 5) is 11.1. The summed E-state index contributed by atoms with van der Waals surface area (Å²) in [5.74, 6) is 0.130. The molecule has 2 amide bonds. The molecule has 0 saturated heterocycles. The molecule has 0 atom stereocenters. The monoisotopic (exact) mass is 258 g/mol. The van der Waals surface area contributed by atoms with Gasteiger partial charge in [-0.05, 0) is 31.0 Å². The molecule has 1 aromatic rings. The maximum Gasteiger partial charge on any atom is 0.387 e. The Bertz CT molecular complexity index is 369. The van der Waals surface area contributed by atoms with Gasteiger partial charge >= 0.3 is 12.6 Å². The first-order valence-electron chi connectivity index (χ1n) is 5.67. The molecule has 1 aromatic carbocycles. The second-order valence-corrected chi connectivity index (χ2v) is 3.56. The molecule has 0 unspecified atom stereocenters. The van der Waals surface area contributed by atoms with E-state index in [2.05, 4.69) is 15.4 Å². The van der Waals surface area contributed by atoms with Crippen molar-refractivity contribution in [2.45, 2.75) is 20.0 Å². The Morgan fingerprint density at radius 3 is 2.50 bits per heavy atom. The Morgan fingerprint density at radius 1 is 1.28 bits per heavy atom. The summed E-state index contributed by atoms with van der Waals surface area (Å²) in [6, 6.07) is 6.13. The zero-order chi connectivity index (χ0) is 13.4. The quantitative estimate of drug-likeness (QED) is 0.821. The van der Waals surface area contributed by atoms with Gasteiger partial charge in [-0.25, -0.2) is 4.79 Å². The van der Waals surface area contributed by atoms with E-state index in [0.717, 1.165) is 5.56 Å². The molecule has 4 nitrogen and oxygen atoms in total. The lowest BCUT2D eigenvalue weighted by molar-refractivity contribution is -0.0498. The zero-order valence-corrected chi connectivity index (χ0v) is 10.1. The molecular weight excluding hydrogens is 242 g/mol. The second kappa shape index (κ2) is 7.47. The Kier molecular flexibility index (Phi) is 5.90. The fourth-order valence-electron chi connectivity index (χ4n) is 1.38. The van der Waals surface area contributed by atoms with E-state index in [9.17, 15) is 13.6 Å². The minimum absolute atomic E-state index is 0.130. The number of hydrogen-bond acceptors (Lipinski definition) is 2. The van der Waals surface area contributed by atoms with Crippen LogP contribution in [0.15, 0.2) is 24.3 Å². The van der Waals surface area contributed by atoms with Crippen LogP contribution in [0.1, 0.15) is 12.5 Å². The number of halogens is 2. The van der Waals surface area contributed by atoms with E-state index in [1.165, 1.54) is 12.1 Å². The van der Waals surface area contributed by atoms with Gasteiger partial charge in [-0.2, -0.15) is 8.78 Å². The molecule has 2 N–H and O–H groups in total. The van der Waals surface area contributed by atoms with Crippen molar-refractivity contribution in [1.82, 2.24) is 10.6 Å². The highest BCUT2D eigenvalue weighted by Gasteiger charge is 2.03. The fourth-order valence-corrected chi connectivity index (χ4v) is 1.38. The second-order valence-electron chi connectivity index (χ2n) is 3.56. The van der Waals surface area contributed by atoms with Crippen molar-refractivity contribution in [1.29, 1.82) is 0 Å². The first-order chi connectivity index (χ1) is 8.61. The lowest BCUT2D eigenvalue weighted by Gasteiger charge is -2.07. The third kappa shape index (κ3) is 5.47. The number of rotatable bonds is 6. The standard InChI is InChI=1S/C12H16F2N2O2/c1-2-15-12(17)16-8-7-9-3-5-10(6-4-9)18-11(13)14/h3-6,11H,2,7-8H2,1H3,(H2,15,16,17). The van der Waals surface area contributed by atoms with Crippen LogP contribution in [0, 0.1) is 0 Å². The Balaban J connectivity index is 2.33. The summed E-state index contributed by atoms with van der Waals surface area (Å²) in [5, 5.41) is 5.29. The van der Waals surface area contributed by atoms with Crippen LogP contribution in [0.4, 0.5) is 13.6 Å². The number of alkyl halides is 2. The van der Waals surface area contributed by atoms with Crippen molar-refractivity contribution < 1.29 is 18.3 Å². The van der Waals surface area contributed by atoms with E-state index in [-0.39, 0.29) is 11.8 Å². The molecule has 0 heterocycles. The van der Waals surface area contributed by atoms with Gasteiger partial charge in [-0.15, -0.1) is 0 Å². The number of ether oxygens (including phenoxy) is 1. The topological polar surface area (TPSA) is 50.4 Å². The number of carbonyl (C=O) groups is 1. The van der Waals surface area contributed by atoms with Gasteiger partial charge in [-0.1, -0.05) is 12.1 Å². The van der Waals surface area contributed by atoms with Crippen LogP contribution in [-0.4, -0.2) is 25.7 Å². The highest BCUT2D eigenvalue weighted by Crippen LogP contribution is 2.14. The minimum Gasteiger partial charge on any atom is -0.435 e. The molecule has 18 heavy (non-hydrogen) atoms. The third-order valence-corrected chi connectivity index (χ3v) is 2.19. The largest absolute Gasteiger partial charge is 0.435 e. The molecule has 100 valence electrons. The molecule has 6 heteroatoms. The molecule has 0 radical (unpaired) electrons. The molecule has 0 fully saturated rings. The zero-order valence-electron chi connectivity index (χ0n) is 10.1.